The molecule has 4 rings (SSSR count). The normalized spacial score (nSPS) is 15.6. The maximum absolute atomic E-state index is 14.0. The van der Waals surface area contributed by atoms with Crippen molar-refractivity contribution in [3.8, 4) is 11.1 Å². The van der Waals surface area contributed by atoms with Gasteiger partial charge in [0.05, 0.1) is 12.2 Å². The van der Waals surface area contributed by atoms with Gasteiger partial charge < -0.3 is 9.80 Å². The molecule has 1 aliphatic heterocycles. The molecule has 1 amide bonds. The van der Waals surface area contributed by atoms with E-state index in [0.717, 1.165) is 28.1 Å². The van der Waals surface area contributed by atoms with Gasteiger partial charge in [0.25, 0.3) is 0 Å². The Bertz CT molecular complexity index is 1060. The van der Waals surface area contributed by atoms with Gasteiger partial charge in [-0.25, -0.2) is 0 Å². The summed E-state index contributed by atoms with van der Waals surface area (Å²) in [5.41, 5.74) is 5.26. The molecule has 1 unspecified atom stereocenters. The molecule has 150 valence electrons. The van der Waals surface area contributed by atoms with E-state index in [-0.39, 0.29) is 11.9 Å². The predicted molar refractivity (Wildman–Crippen MR) is 126 cm³/mol. The van der Waals surface area contributed by atoms with E-state index in [1.807, 2.05) is 59.5 Å². The highest BCUT2D eigenvalue weighted by atomic mass is 16.2. The Morgan fingerprint density at radius 1 is 0.767 bits per heavy atom. The lowest BCUT2D eigenvalue weighted by Crippen LogP contribution is -2.50. The molecule has 0 saturated heterocycles. The van der Waals surface area contributed by atoms with E-state index in [2.05, 4.69) is 54.5 Å². The zero-order chi connectivity index (χ0) is 20.9. The minimum atomic E-state index is -0.348. The number of carbonyl (C=O) groups excluding carboxylic acids is 1. The lowest BCUT2D eigenvalue weighted by Gasteiger charge is -2.39. The number of benzene rings is 3. The quantitative estimate of drug-likeness (QED) is 0.491. The summed E-state index contributed by atoms with van der Waals surface area (Å²) in [5, 5.41) is 0. The molecule has 1 atom stereocenters. The lowest BCUT2D eigenvalue weighted by atomic mass is 9.95. The first-order valence-corrected chi connectivity index (χ1v) is 10.3. The number of nitrogens with zero attached hydrogens (tertiary/aromatic N) is 2. The van der Waals surface area contributed by atoms with Gasteiger partial charge in [-0.05, 0) is 24.1 Å². The molecule has 30 heavy (non-hydrogen) atoms. The van der Waals surface area contributed by atoms with Crippen molar-refractivity contribution in [3.63, 3.8) is 0 Å². The Hall–Kier alpha value is -3.59. The van der Waals surface area contributed by atoms with E-state index in [1.165, 1.54) is 0 Å². The van der Waals surface area contributed by atoms with Crippen LogP contribution in [0.4, 0.5) is 11.4 Å². The Labute approximate surface area is 178 Å². The molecule has 0 spiro atoms. The van der Waals surface area contributed by atoms with Crippen molar-refractivity contribution in [2.24, 2.45) is 0 Å². The zero-order valence-corrected chi connectivity index (χ0v) is 17.1. The van der Waals surface area contributed by atoms with Gasteiger partial charge in [-0.3, -0.25) is 4.79 Å². The molecule has 0 saturated carbocycles. The Kier molecular flexibility index (Phi) is 5.80. The molecule has 0 aromatic heterocycles. The number of anilines is 2. The van der Waals surface area contributed by atoms with Gasteiger partial charge in [-0.15, -0.1) is 13.2 Å². The maximum atomic E-state index is 14.0. The lowest BCUT2D eigenvalue weighted by molar-refractivity contribution is -0.120. The van der Waals surface area contributed by atoms with Crippen molar-refractivity contribution in [1.29, 1.82) is 0 Å². The average Bonchev–Trinajstić information content (AvgIpc) is 2.80. The van der Waals surface area contributed by atoms with Crippen LogP contribution in [0.1, 0.15) is 12.0 Å². The van der Waals surface area contributed by atoms with Crippen LogP contribution in [0.5, 0.6) is 0 Å². The van der Waals surface area contributed by atoms with Crippen molar-refractivity contribution < 1.29 is 4.79 Å². The second-order valence-corrected chi connectivity index (χ2v) is 7.43. The Balaban J connectivity index is 1.94. The highest BCUT2D eigenvalue weighted by Gasteiger charge is 2.34. The molecular weight excluding hydrogens is 368 g/mol. The van der Waals surface area contributed by atoms with Crippen LogP contribution in [0.2, 0.25) is 0 Å². The molecule has 3 aromatic rings. The Morgan fingerprint density at radius 3 is 2.03 bits per heavy atom. The van der Waals surface area contributed by atoms with Crippen molar-refractivity contribution in [2.75, 3.05) is 16.3 Å². The van der Waals surface area contributed by atoms with E-state index in [9.17, 15) is 4.79 Å². The van der Waals surface area contributed by atoms with E-state index in [1.54, 1.807) is 0 Å². The molecule has 3 aromatic carbocycles. The van der Waals surface area contributed by atoms with Gasteiger partial charge in [0.15, 0.2) is 0 Å². The maximum Gasteiger partial charge on any atom is 0.250 e. The first-order chi connectivity index (χ1) is 14.7. The van der Waals surface area contributed by atoms with E-state index in [4.69, 9.17) is 0 Å². The van der Waals surface area contributed by atoms with Crippen LogP contribution in [0.15, 0.2) is 104 Å². The first kappa shape index (κ1) is 19.7. The minimum absolute atomic E-state index is 0.0718. The largest absolute Gasteiger partial charge is 0.355 e. The summed E-state index contributed by atoms with van der Waals surface area (Å²) in [6.45, 7) is 8.97. The molecule has 1 aliphatic rings. The topological polar surface area (TPSA) is 23.6 Å². The summed E-state index contributed by atoms with van der Waals surface area (Å²) in [6.07, 6.45) is 4.25. The van der Waals surface area contributed by atoms with Crippen LogP contribution < -0.4 is 9.80 Å². The van der Waals surface area contributed by atoms with Gasteiger partial charge in [0.1, 0.15) is 6.04 Å². The molecule has 3 nitrogen and oxygen atoms in total. The number of fused-ring (bicyclic) bond motifs is 3. The fourth-order valence-electron chi connectivity index (χ4n) is 4.17. The first-order valence-electron chi connectivity index (χ1n) is 10.3. The molecule has 0 aliphatic carbocycles. The van der Waals surface area contributed by atoms with E-state index in [0.29, 0.717) is 19.5 Å². The number of para-hydroxylation sites is 2. The monoisotopic (exact) mass is 394 g/mol. The van der Waals surface area contributed by atoms with Gasteiger partial charge in [-0.1, -0.05) is 78.9 Å². The SMILES string of the molecule is C=CCC1C(=O)N(Cc2ccccc2)c2ccccc2-c2ccccc2N1CC=C. The van der Waals surface area contributed by atoms with Crippen LogP contribution in [0, 0.1) is 0 Å². The molecule has 3 heteroatoms. The van der Waals surface area contributed by atoms with Gasteiger partial charge in [-0.2, -0.15) is 0 Å². The highest BCUT2D eigenvalue weighted by Crippen LogP contribution is 2.41. The van der Waals surface area contributed by atoms with Crippen LogP contribution in [0.3, 0.4) is 0 Å². The number of rotatable bonds is 6. The molecule has 1 heterocycles. The molecular formula is C27H26N2O. The molecule has 0 N–H and O–H groups in total. The average molecular weight is 395 g/mol. The van der Waals surface area contributed by atoms with Crippen molar-refractivity contribution in [3.05, 3.63) is 110 Å². The smallest absolute Gasteiger partial charge is 0.250 e. The highest BCUT2D eigenvalue weighted by molar-refractivity contribution is 6.05. The minimum Gasteiger partial charge on any atom is -0.355 e. The summed E-state index contributed by atoms with van der Waals surface area (Å²) < 4.78 is 0. The third kappa shape index (κ3) is 3.67. The third-order valence-electron chi connectivity index (χ3n) is 5.53. The zero-order valence-electron chi connectivity index (χ0n) is 17.1. The van der Waals surface area contributed by atoms with Crippen LogP contribution in [0.25, 0.3) is 11.1 Å². The van der Waals surface area contributed by atoms with Crippen LogP contribution in [-0.2, 0) is 11.3 Å². The summed E-state index contributed by atoms with van der Waals surface area (Å²) in [7, 11) is 0. The van der Waals surface area contributed by atoms with Gasteiger partial charge >= 0.3 is 0 Å². The van der Waals surface area contributed by atoms with Crippen molar-refractivity contribution in [2.45, 2.75) is 19.0 Å². The van der Waals surface area contributed by atoms with Crippen molar-refractivity contribution >= 4 is 17.3 Å². The number of hydrogen-bond donors (Lipinski definition) is 0. The van der Waals surface area contributed by atoms with Crippen molar-refractivity contribution in [1.82, 2.24) is 0 Å². The fourth-order valence-corrected chi connectivity index (χ4v) is 4.17. The predicted octanol–water partition coefficient (Wildman–Crippen LogP) is 5.84. The summed E-state index contributed by atoms with van der Waals surface area (Å²) in [4.78, 5) is 18.0. The van der Waals surface area contributed by atoms with Crippen LogP contribution in [-0.4, -0.2) is 18.5 Å². The molecule has 0 radical (unpaired) electrons. The summed E-state index contributed by atoms with van der Waals surface area (Å²) >= 11 is 0. The number of amides is 1. The van der Waals surface area contributed by atoms with Crippen LogP contribution >= 0.6 is 0 Å². The third-order valence-corrected chi connectivity index (χ3v) is 5.53. The molecule has 0 bridgehead atoms. The summed E-state index contributed by atoms with van der Waals surface area (Å²) in [6, 6.07) is 26.3. The van der Waals surface area contributed by atoms with Gasteiger partial charge in [0.2, 0.25) is 5.91 Å². The number of carbonyl (C=O) groups is 1. The van der Waals surface area contributed by atoms with E-state index < -0.39 is 0 Å². The second-order valence-electron chi connectivity index (χ2n) is 7.43. The molecule has 0 fully saturated rings. The van der Waals surface area contributed by atoms with E-state index >= 15 is 0 Å². The number of hydrogen-bond acceptors (Lipinski definition) is 2. The Morgan fingerprint density at radius 2 is 1.37 bits per heavy atom. The van der Waals surface area contributed by atoms with Gasteiger partial charge in [0, 0.05) is 23.4 Å². The second kappa shape index (κ2) is 8.83. The fraction of sp³-hybridized carbons (Fsp3) is 0.148. The summed E-state index contributed by atoms with van der Waals surface area (Å²) in [5.74, 6) is 0.0718. The standard InChI is InChI=1S/C27H26N2O/c1-3-12-26-27(30)29(20-21-13-6-5-7-14-21)25-18-11-9-16-23(25)22-15-8-10-17-24(22)28(26)19-4-2/h3-11,13-18,26H,1-2,12,19-20H2.